The highest BCUT2D eigenvalue weighted by Gasteiger charge is 2.33. The van der Waals surface area contributed by atoms with Gasteiger partial charge in [-0.05, 0) is 55.9 Å². The van der Waals surface area contributed by atoms with Crippen molar-refractivity contribution in [3.8, 4) is 5.69 Å². The van der Waals surface area contributed by atoms with Crippen LogP contribution in [0.25, 0.3) is 5.69 Å². The normalized spacial score (nSPS) is 17.4. The van der Waals surface area contributed by atoms with Crippen LogP contribution >= 0.6 is 0 Å². The number of carbonyl (C=O) groups is 1. The predicted octanol–water partition coefficient (Wildman–Crippen LogP) is 3.52. The molecule has 0 radical (unpaired) electrons. The molecule has 0 unspecified atom stereocenters. The molecule has 132 valence electrons. The lowest BCUT2D eigenvalue weighted by Gasteiger charge is -2.31. The molecule has 1 heterocycles. The molecule has 0 saturated heterocycles. The number of primary amides is 1. The van der Waals surface area contributed by atoms with Crippen molar-refractivity contribution < 1.29 is 9.63 Å². The molecule has 25 heavy (non-hydrogen) atoms. The van der Waals surface area contributed by atoms with Gasteiger partial charge in [-0.1, -0.05) is 25.1 Å². The maximum atomic E-state index is 11.6. The zero-order valence-corrected chi connectivity index (χ0v) is 15.5. The van der Waals surface area contributed by atoms with Gasteiger partial charge in [-0.15, -0.1) is 0 Å². The molecule has 2 N–H and O–H groups in total. The number of nitrogens with two attached hydrogens (primary N) is 1. The molecule has 1 aliphatic rings. The summed E-state index contributed by atoms with van der Waals surface area (Å²) in [6.07, 6.45) is 1.80. The molecule has 5 nitrogen and oxygen atoms in total. The Morgan fingerprint density at radius 1 is 1.24 bits per heavy atom. The van der Waals surface area contributed by atoms with Crippen LogP contribution in [0.15, 0.2) is 29.4 Å². The van der Waals surface area contributed by atoms with Gasteiger partial charge >= 0.3 is 0 Å². The summed E-state index contributed by atoms with van der Waals surface area (Å²) in [7, 11) is 1.58. The van der Waals surface area contributed by atoms with Crippen molar-refractivity contribution in [3.63, 3.8) is 0 Å². The van der Waals surface area contributed by atoms with Gasteiger partial charge in [-0.25, -0.2) is 0 Å². The van der Waals surface area contributed by atoms with E-state index in [4.69, 9.17) is 10.6 Å². The van der Waals surface area contributed by atoms with Crippen molar-refractivity contribution in [1.82, 2.24) is 4.57 Å². The second-order valence-corrected chi connectivity index (χ2v) is 7.59. The fourth-order valence-corrected chi connectivity index (χ4v) is 3.71. The third kappa shape index (κ3) is 3.06. The van der Waals surface area contributed by atoms with Gasteiger partial charge < -0.3 is 15.1 Å². The molecule has 1 aromatic heterocycles. The number of oxime groups is 1. The van der Waals surface area contributed by atoms with Crippen LogP contribution in [0.2, 0.25) is 0 Å². The molecule has 5 heteroatoms. The number of carbonyl (C=O) groups excluding carboxylic acids is 1. The van der Waals surface area contributed by atoms with E-state index in [1.54, 1.807) is 13.2 Å². The predicted molar refractivity (Wildman–Crippen MR) is 99.4 cm³/mol. The molecule has 0 atom stereocenters. The average molecular weight is 339 g/mol. The molecule has 1 aromatic carbocycles. The Labute approximate surface area is 148 Å². The van der Waals surface area contributed by atoms with Crippen molar-refractivity contribution in [2.45, 2.75) is 40.5 Å². The van der Waals surface area contributed by atoms with Crippen LogP contribution < -0.4 is 5.73 Å². The number of aryl methyl sites for hydroxylation is 2. The smallest absolute Gasteiger partial charge is 0.248 e. The highest BCUT2D eigenvalue weighted by molar-refractivity contribution is 6.03. The van der Waals surface area contributed by atoms with Crippen LogP contribution in [0.5, 0.6) is 0 Å². The van der Waals surface area contributed by atoms with Crippen LogP contribution in [0.4, 0.5) is 0 Å². The van der Waals surface area contributed by atoms with Gasteiger partial charge in [0.05, 0.1) is 5.71 Å². The van der Waals surface area contributed by atoms with Gasteiger partial charge in [0.1, 0.15) is 7.11 Å². The second kappa shape index (κ2) is 6.06. The highest BCUT2D eigenvalue weighted by atomic mass is 16.6. The molecule has 0 spiro atoms. The van der Waals surface area contributed by atoms with Gasteiger partial charge in [0.2, 0.25) is 5.91 Å². The van der Waals surface area contributed by atoms with Crippen molar-refractivity contribution >= 4 is 11.6 Å². The van der Waals surface area contributed by atoms with Crippen molar-refractivity contribution in [3.05, 3.63) is 52.3 Å². The average Bonchev–Trinajstić information content (AvgIpc) is 2.83. The third-order valence-electron chi connectivity index (χ3n) is 4.83. The summed E-state index contributed by atoms with van der Waals surface area (Å²) in [5, 5.41) is 4.27. The first-order valence-corrected chi connectivity index (χ1v) is 8.46. The molecule has 0 saturated carbocycles. The third-order valence-corrected chi connectivity index (χ3v) is 4.83. The summed E-state index contributed by atoms with van der Waals surface area (Å²) in [6, 6.07) is 7.74. The lowest BCUT2D eigenvalue weighted by Crippen LogP contribution is -2.28. The maximum absolute atomic E-state index is 11.6. The quantitative estimate of drug-likeness (QED) is 0.869. The Hall–Kier alpha value is -2.56. The van der Waals surface area contributed by atoms with Crippen LogP contribution in [0.1, 0.15) is 53.1 Å². The van der Waals surface area contributed by atoms with Crippen LogP contribution in [-0.2, 0) is 11.3 Å². The van der Waals surface area contributed by atoms with Gasteiger partial charge in [0.15, 0.2) is 0 Å². The monoisotopic (exact) mass is 339 g/mol. The van der Waals surface area contributed by atoms with Gasteiger partial charge in [0, 0.05) is 28.2 Å². The van der Waals surface area contributed by atoms with E-state index in [-0.39, 0.29) is 5.41 Å². The molecule has 0 bridgehead atoms. The SMILES string of the molecule is CO/N=C1/CC(C)(C)Cc2c1cc(C)n2-c1cc(C(N)=O)ccc1C. The summed E-state index contributed by atoms with van der Waals surface area (Å²) >= 11 is 0. The van der Waals surface area contributed by atoms with E-state index >= 15 is 0 Å². The Bertz CT molecular complexity index is 875. The molecule has 0 aliphatic heterocycles. The first-order valence-electron chi connectivity index (χ1n) is 8.46. The minimum atomic E-state index is -0.415. The zero-order valence-electron chi connectivity index (χ0n) is 15.5. The second-order valence-electron chi connectivity index (χ2n) is 7.59. The number of benzene rings is 1. The number of aromatic nitrogens is 1. The number of rotatable bonds is 3. The first kappa shape index (κ1) is 17.3. The largest absolute Gasteiger partial charge is 0.399 e. The Balaban J connectivity index is 2.25. The molecular formula is C20H25N3O2. The van der Waals surface area contributed by atoms with Crippen molar-refractivity contribution in [2.24, 2.45) is 16.3 Å². The van der Waals surface area contributed by atoms with E-state index < -0.39 is 5.91 Å². The zero-order chi connectivity index (χ0) is 18.4. The minimum Gasteiger partial charge on any atom is -0.399 e. The van der Waals surface area contributed by atoms with E-state index in [1.165, 1.54) is 5.69 Å². The summed E-state index contributed by atoms with van der Waals surface area (Å²) in [6.45, 7) is 8.59. The van der Waals surface area contributed by atoms with Gasteiger partial charge in [-0.2, -0.15) is 0 Å². The molecule has 1 amide bonds. The van der Waals surface area contributed by atoms with E-state index in [9.17, 15) is 4.79 Å². The van der Waals surface area contributed by atoms with Crippen molar-refractivity contribution in [2.75, 3.05) is 7.11 Å². The fraction of sp³-hybridized carbons (Fsp3) is 0.400. The van der Waals surface area contributed by atoms with Gasteiger partial charge in [0.25, 0.3) is 0 Å². The summed E-state index contributed by atoms with van der Waals surface area (Å²) in [5.41, 5.74) is 12.6. The molecular weight excluding hydrogens is 314 g/mol. The first-order chi connectivity index (χ1) is 11.7. The lowest BCUT2D eigenvalue weighted by atomic mass is 9.76. The number of fused-ring (bicyclic) bond motifs is 1. The highest BCUT2D eigenvalue weighted by Crippen LogP contribution is 2.38. The molecule has 1 aliphatic carbocycles. The summed E-state index contributed by atoms with van der Waals surface area (Å²) in [5.74, 6) is -0.415. The maximum Gasteiger partial charge on any atom is 0.248 e. The van der Waals surface area contributed by atoms with E-state index in [2.05, 4.69) is 36.6 Å². The van der Waals surface area contributed by atoms with Crippen molar-refractivity contribution in [1.29, 1.82) is 0 Å². The Morgan fingerprint density at radius 2 is 1.96 bits per heavy atom. The van der Waals surface area contributed by atoms with Crippen LogP contribution in [0.3, 0.4) is 0 Å². The Morgan fingerprint density at radius 3 is 2.60 bits per heavy atom. The minimum absolute atomic E-state index is 0.0854. The summed E-state index contributed by atoms with van der Waals surface area (Å²) < 4.78 is 2.23. The number of nitrogens with zero attached hydrogens (tertiary/aromatic N) is 2. The summed E-state index contributed by atoms with van der Waals surface area (Å²) in [4.78, 5) is 16.7. The molecule has 2 aromatic rings. The van der Waals surface area contributed by atoms with E-state index in [0.717, 1.165) is 41.1 Å². The number of amides is 1. The molecule has 3 rings (SSSR count). The number of hydrogen-bond acceptors (Lipinski definition) is 3. The topological polar surface area (TPSA) is 69.6 Å². The standard InChI is InChI=1S/C20H25N3O2/c1-12-6-7-14(19(21)24)9-17(12)23-13(2)8-15-16(22-25-5)10-20(3,4)11-18(15)23/h6-9H,10-11H2,1-5H3,(H2,21,24)/b22-16-. The fourth-order valence-electron chi connectivity index (χ4n) is 3.71. The molecule has 0 fully saturated rings. The van der Waals surface area contributed by atoms with E-state index in [0.29, 0.717) is 5.56 Å². The van der Waals surface area contributed by atoms with Crippen LogP contribution in [0, 0.1) is 19.3 Å². The number of hydrogen-bond donors (Lipinski definition) is 1. The van der Waals surface area contributed by atoms with Crippen LogP contribution in [-0.4, -0.2) is 23.3 Å². The van der Waals surface area contributed by atoms with Gasteiger partial charge in [-0.3, -0.25) is 4.79 Å². The van der Waals surface area contributed by atoms with E-state index in [1.807, 2.05) is 19.1 Å². The lowest BCUT2D eigenvalue weighted by molar-refractivity contribution is 0.1000. The Kier molecular flexibility index (Phi) is 4.19.